The first-order valence-corrected chi connectivity index (χ1v) is 7.17. The number of aliphatic hydroxyl groups excluding tert-OH is 1. The zero-order valence-electron chi connectivity index (χ0n) is 11.5. The fourth-order valence-electron chi connectivity index (χ4n) is 1.62. The lowest BCUT2D eigenvalue weighted by atomic mass is 10.2. The average molecular weight is 299 g/mol. The van der Waals surface area contributed by atoms with E-state index in [9.17, 15) is 9.59 Å². The summed E-state index contributed by atoms with van der Waals surface area (Å²) in [4.78, 5) is 30.9. The van der Waals surface area contributed by atoms with Gasteiger partial charge in [-0.05, 0) is 20.1 Å². The van der Waals surface area contributed by atoms with Crippen LogP contribution in [0.15, 0.2) is 5.03 Å². The largest absolute Gasteiger partial charge is 0.479 e. The summed E-state index contributed by atoms with van der Waals surface area (Å²) in [5.41, 5.74) is 0.950. The van der Waals surface area contributed by atoms with Crippen LogP contribution in [0.4, 0.5) is 0 Å². The highest BCUT2D eigenvalue weighted by atomic mass is 32.2. The number of aromatic nitrogens is 2. The van der Waals surface area contributed by atoms with E-state index >= 15 is 0 Å². The molecular formula is C12H17N3O4S. The molecule has 3 N–H and O–H groups in total. The van der Waals surface area contributed by atoms with E-state index in [0.29, 0.717) is 22.1 Å². The van der Waals surface area contributed by atoms with Crippen LogP contribution in [-0.4, -0.2) is 51.0 Å². The highest BCUT2D eigenvalue weighted by Gasteiger charge is 2.18. The second-order valence-electron chi connectivity index (χ2n) is 4.14. The Morgan fingerprint density at radius 3 is 2.55 bits per heavy atom. The summed E-state index contributed by atoms with van der Waals surface area (Å²) < 4.78 is 0. The van der Waals surface area contributed by atoms with Crippen molar-refractivity contribution in [1.82, 2.24) is 15.3 Å². The molecule has 0 bridgehead atoms. The maximum atomic E-state index is 12.1. The molecule has 0 saturated heterocycles. The van der Waals surface area contributed by atoms with E-state index in [0.717, 1.165) is 0 Å². The normalized spacial score (nSPS) is 12.0. The molecule has 0 saturated carbocycles. The van der Waals surface area contributed by atoms with Crippen molar-refractivity contribution < 1.29 is 19.8 Å². The summed E-state index contributed by atoms with van der Waals surface area (Å²) >= 11 is 1.34. The third kappa shape index (κ3) is 4.17. The minimum absolute atomic E-state index is 0.0541. The highest BCUT2D eigenvalue weighted by molar-refractivity contribution is 7.98. The number of aliphatic carboxylic acids is 1. The van der Waals surface area contributed by atoms with Gasteiger partial charge in [0.1, 0.15) is 10.9 Å². The van der Waals surface area contributed by atoms with Gasteiger partial charge in [0.25, 0.3) is 5.91 Å². The first-order valence-electron chi connectivity index (χ1n) is 5.95. The zero-order chi connectivity index (χ0) is 15.3. The number of carbonyl (C=O) groups is 2. The minimum atomic E-state index is -1.48. The Morgan fingerprint density at radius 2 is 2.00 bits per heavy atom. The number of carboxylic acid groups (broad SMARTS) is 1. The van der Waals surface area contributed by atoms with Crippen molar-refractivity contribution in [2.24, 2.45) is 0 Å². The maximum Gasteiger partial charge on any atom is 0.332 e. The van der Waals surface area contributed by atoms with Gasteiger partial charge >= 0.3 is 5.97 Å². The van der Waals surface area contributed by atoms with E-state index in [1.807, 2.05) is 6.26 Å². The SMILES string of the molecule is CSc1nc(C)nc(C)c1C(=O)NCCC(O)C(=O)O. The van der Waals surface area contributed by atoms with Gasteiger partial charge in [0, 0.05) is 13.0 Å². The van der Waals surface area contributed by atoms with Crippen molar-refractivity contribution >= 4 is 23.6 Å². The van der Waals surface area contributed by atoms with Gasteiger partial charge in [-0.2, -0.15) is 0 Å². The molecule has 1 amide bonds. The highest BCUT2D eigenvalue weighted by Crippen LogP contribution is 2.20. The molecule has 0 fully saturated rings. The van der Waals surface area contributed by atoms with E-state index < -0.39 is 12.1 Å². The number of amides is 1. The topological polar surface area (TPSA) is 112 Å². The van der Waals surface area contributed by atoms with Crippen molar-refractivity contribution in [3.63, 3.8) is 0 Å². The minimum Gasteiger partial charge on any atom is -0.479 e. The summed E-state index contributed by atoms with van der Waals surface area (Å²) in [6.45, 7) is 3.53. The second-order valence-corrected chi connectivity index (χ2v) is 4.93. The van der Waals surface area contributed by atoms with Gasteiger partial charge in [0.15, 0.2) is 6.10 Å². The zero-order valence-corrected chi connectivity index (χ0v) is 12.3. The number of thioether (sulfide) groups is 1. The van der Waals surface area contributed by atoms with Gasteiger partial charge in [-0.15, -0.1) is 11.8 Å². The molecule has 1 aromatic heterocycles. The monoisotopic (exact) mass is 299 g/mol. The Morgan fingerprint density at radius 1 is 1.35 bits per heavy atom. The van der Waals surface area contributed by atoms with E-state index in [4.69, 9.17) is 10.2 Å². The Bertz CT molecular complexity index is 522. The van der Waals surface area contributed by atoms with E-state index in [1.54, 1.807) is 13.8 Å². The molecule has 0 spiro atoms. The Kier molecular flexibility index (Phi) is 5.90. The predicted octanol–water partition coefficient (Wildman–Crippen LogP) is 0.381. The van der Waals surface area contributed by atoms with Gasteiger partial charge in [-0.25, -0.2) is 14.8 Å². The maximum absolute atomic E-state index is 12.1. The van der Waals surface area contributed by atoms with Gasteiger partial charge in [0.2, 0.25) is 0 Å². The van der Waals surface area contributed by atoms with Crippen LogP contribution in [0.25, 0.3) is 0 Å². The number of hydrogen-bond acceptors (Lipinski definition) is 6. The molecule has 1 rings (SSSR count). The smallest absolute Gasteiger partial charge is 0.332 e. The molecule has 0 radical (unpaired) electrons. The van der Waals surface area contributed by atoms with Crippen molar-refractivity contribution in [2.45, 2.75) is 31.4 Å². The molecule has 7 nitrogen and oxygen atoms in total. The van der Waals surface area contributed by atoms with Crippen molar-refractivity contribution in [1.29, 1.82) is 0 Å². The van der Waals surface area contributed by atoms with Crippen LogP contribution in [-0.2, 0) is 4.79 Å². The summed E-state index contributed by atoms with van der Waals surface area (Å²) in [7, 11) is 0. The van der Waals surface area contributed by atoms with E-state index in [-0.39, 0.29) is 18.9 Å². The molecule has 1 unspecified atom stereocenters. The standard InChI is InChI=1S/C12H17N3O4S/c1-6-9(11(20-3)15-7(2)14-6)10(17)13-5-4-8(16)12(18)19/h8,16H,4-5H2,1-3H3,(H,13,17)(H,18,19). The summed E-state index contributed by atoms with van der Waals surface area (Å²) in [5, 5.41) is 20.8. The number of carbonyl (C=O) groups excluding carboxylic acids is 1. The van der Waals surface area contributed by atoms with Gasteiger partial charge < -0.3 is 15.5 Å². The molecule has 0 aliphatic heterocycles. The quantitative estimate of drug-likeness (QED) is 0.514. The first kappa shape index (κ1) is 16.4. The molecule has 1 heterocycles. The molecule has 0 aliphatic carbocycles. The van der Waals surface area contributed by atoms with Crippen LogP contribution in [0.2, 0.25) is 0 Å². The predicted molar refractivity (Wildman–Crippen MR) is 73.9 cm³/mol. The number of carboxylic acids is 1. The Labute approximate surface area is 120 Å². The second kappa shape index (κ2) is 7.20. The van der Waals surface area contributed by atoms with Crippen molar-refractivity contribution in [3.8, 4) is 0 Å². The molecule has 20 heavy (non-hydrogen) atoms. The van der Waals surface area contributed by atoms with Crippen LogP contribution in [0.5, 0.6) is 0 Å². The average Bonchev–Trinajstić information content (AvgIpc) is 2.36. The number of nitrogens with one attached hydrogen (secondary N) is 1. The van der Waals surface area contributed by atoms with Gasteiger partial charge in [-0.1, -0.05) is 0 Å². The van der Waals surface area contributed by atoms with Gasteiger partial charge in [0.05, 0.1) is 11.3 Å². The Hall–Kier alpha value is -1.67. The van der Waals surface area contributed by atoms with Crippen molar-refractivity contribution in [3.05, 3.63) is 17.1 Å². The van der Waals surface area contributed by atoms with Crippen LogP contribution in [0, 0.1) is 13.8 Å². The molecule has 0 aromatic carbocycles. The number of aryl methyl sites for hydroxylation is 2. The van der Waals surface area contributed by atoms with Crippen LogP contribution >= 0.6 is 11.8 Å². The molecule has 1 aromatic rings. The Balaban J connectivity index is 2.75. The lowest BCUT2D eigenvalue weighted by Crippen LogP contribution is -2.31. The molecule has 1 atom stereocenters. The number of nitrogens with zero attached hydrogens (tertiary/aromatic N) is 2. The van der Waals surface area contributed by atoms with Crippen LogP contribution in [0.1, 0.15) is 28.3 Å². The number of hydrogen-bond donors (Lipinski definition) is 3. The fourth-order valence-corrected chi connectivity index (χ4v) is 2.29. The lowest BCUT2D eigenvalue weighted by Gasteiger charge is -2.11. The third-order valence-electron chi connectivity index (χ3n) is 2.58. The summed E-state index contributed by atoms with van der Waals surface area (Å²) in [5.74, 6) is -1.09. The molecule has 110 valence electrons. The summed E-state index contributed by atoms with van der Waals surface area (Å²) in [6.07, 6.45) is 0.277. The molecular weight excluding hydrogens is 282 g/mol. The number of rotatable bonds is 6. The van der Waals surface area contributed by atoms with Crippen molar-refractivity contribution in [2.75, 3.05) is 12.8 Å². The van der Waals surface area contributed by atoms with Crippen LogP contribution in [0.3, 0.4) is 0 Å². The summed E-state index contributed by atoms with van der Waals surface area (Å²) in [6, 6.07) is 0. The van der Waals surface area contributed by atoms with E-state index in [2.05, 4.69) is 15.3 Å². The lowest BCUT2D eigenvalue weighted by molar-refractivity contribution is -0.146. The first-order chi connectivity index (χ1) is 9.36. The fraction of sp³-hybridized carbons (Fsp3) is 0.500. The van der Waals surface area contributed by atoms with Crippen LogP contribution < -0.4 is 5.32 Å². The molecule has 8 heteroatoms. The third-order valence-corrected chi connectivity index (χ3v) is 3.26. The molecule has 0 aliphatic rings. The van der Waals surface area contributed by atoms with Gasteiger partial charge in [-0.3, -0.25) is 4.79 Å². The number of aliphatic hydroxyl groups is 1. The van der Waals surface area contributed by atoms with E-state index in [1.165, 1.54) is 11.8 Å².